The summed E-state index contributed by atoms with van der Waals surface area (Å²) in [5, 5.41) is 2.94. The molecule has 0 fully saturated rings. The molecule has 24 heavy (non-hydrogen) atoms. The van der Waals surface area contributed by atoms with E-state index >= 15 is 0 Å². The number of carbonyl (C=O) groups is 1. The highest BCUT2D eigenvalue weighted by Gasteiger charge is 2.18. The molecule has 2 aromatic rings. The van der Waals surface area contributed by atoms with Crippen LogP contribution in [0, 0.1) is 13.8 Å². The van der Waals surface area contributed by atoms with Crippen LogP contribution in [0.4, 0.5) is 0 Å². The summed E-state index contributed by atoms with van der Waals surface area (Å²) in [5.41, 5.74) is 2.38. The SMILES string of the molecule is CCC(Oc1ccc(C)c(C)c1)C(=O)NCCSCc1ccco1. The third kappa shape index (κ3) is 5.64. The fraction of sp³-hybridized carbons (Fsp3) is 0.421. The largest absolute Gasteiger partial charge is 0.481 e. The van der Waals surface area contributed by atoms with Crippen LogP contribution >= 0.6 is 11.8 Å². The smallest absolute Gasteiger partial charge is 0.261 e. The van der Waals surface area contributed by atoms with E-state index in [0.717, 1.165) is 28.6 Å². The third-order valence-electron chi connectivity index (χ3n) is 3.79. The molecule has 1 atom stereocenters. The summed E-state index contributed by atoms with van der Waals surface area (Å²) in [6.07, 6.45) is 1.86. The van der Waals surface area contributed by atoms with Crippen molar-refractivity contribution in [2.24, 2.45) is 0 Å². The molecule has 0 radical (unpaired) electrons. The first-order chi connectivity index (χ1) is 11.6. The minimum absolute atomic E-state index is 0.0608. The lowest BCUT2D eigenvalue weighted by Gasteiger charge is -2.18. The molecule has 0 aliphatic carbocycles. The molecule has 2 rings (SSSR count). The minimum atomic E-state index is -0.456. The maximum atomic E-state index is 12.3. The molecular formula is C19H25NO3S. The van der Waals surface area contributed by atoms with E-state index in [4.69, 9.17) is 9.15 Å². The number of rotatable bonds is 9. The Balaban J connectivity index is 1.73. The Kier molecular flexibility index (Phi) is 7.25. The van der Waals surface area contributed by atoms with Crippen molar-refractivity contribution in [2.45, 2.75) is 39.0 Å². The van der Waals surface area contributed by atoms with Gasteiger partial charge in [0, 0.05) is 12.3 Å². The van der Waals surface area contributed by atoms with E-state index in [1.165, 1.54) is 5.56 Å². The molecule has 1 aromatic carbocycles. The van der Waals surface area contributed by atoms with Crippen molar-refractivity contribution in [3.63, 3.8) is 0 Å². The Morgan fingerprint density at radius 3 is 2.79 bits per heavy atom. The van der Waals surface area contributed by atoms with Crippen LogP contribution < -0.4 is 10.1 Å². The summed E-state index contributed by atoms with van der Waals surface area (Å²) in [6, 6.07) is 9.74. The predicted molar refractivity (Wildman–Crippen MR) is 98.5 cm³/mol. The molecule has 0 aliphatic heterocycles. The van der Waals surface area contributed by atoms with Gasteiger partial charge in [0.15, 0.2) is 6.10 Å². The summed E-state index contributed by atoms with van der Waals surface area (Å²) < 4.78 is 11.1. The average Bonchev–Trinajstić information content (AvgIpc) is 3.08. The van der Waals surface area contributed by atoms with Crippen LogP contribution in [0.25, 0.3) is 0 Å². The van der Waals surface area contributed by atoms with Gasteiger partial charge in [-0.05, 0) is 55.7 Å². The number of hydrogen-bond donors (Lipinski definition) is 1. The van der Waals surface area contributed by atoms with Crippen molar-refractivity contribution in [2.75, 3.05) is 12.3 Å². The number of benzene rings is 1. The van der Waals surface area contributed by atoms with Gasteiger partial charge in [0.05, 0.1) is 12.0 Å². The van der Waals surface area contributed by atoms with Crippen molar-refractivity contribution in [3.8, 4) is 5.75 Å². The molecule has 130 valence electrons. The van der Waals surface area contributed by atoms with E-state index in [1.807, 2.05) is 44.2 Å². The summed E-state index contributed by atoms with van der Waals surface area (Å²) in [4.78, 5) is 12.3. The lowest BCUT2D eigenvalue weighted by atomic mass is 10.1. The first-order valence-corrected chi connectivity index (χ1v) is 9.37. The zero-order chi connectivity index (χ0) is 17.4. The van der Waals surface area contributed by atoms with E-state index in [1.54, 1.807) is 18.0 Å². The van der Waals surface area contributed by atoms with Crippen molar-refractivity contribution in [3.05, 3.63) is 53.5 Å². The van der Waals surface area contributed by atoms with Crippen molar-refractivity contribution >= 4 is 17.7 Å². The van der Waals surface area contributed by atoms with Crippen LogP contribution in [0.1, 0.15) is 30.2 Å². The Morgan fingerprint density at radius 1 is 1.29 bits per heavy atom. The highest BCUT2D eigenvalue weighted by atomic mass is 32.2. The molecule has 0 bridgehead atoms. The third-order valence-corrected chi connectivity index (χ3v) is 4.77. The average molecular weight is 347 g/mol. The molecule has 0 aliphatic rings. The van der Waals surface area contributed by atoms with Gasteiger partial charge in [-0.25, -0.2) is 0 Å². The maximum absolute atomic E-state index is 12.3. The molecule has 1 heterocycles. The second kappa shape index (κ2) is 9.42. The van der Waals surface area contributed by atoms with E-state index < -0.39 is 6.10 Å². The van der Waals surface area contributed by atoms with Gasteiger partial charge < -0.3 is 14.5 Å². The first kappa shape index (κ1) is 18.5. The van der Waals surface area contributed by atoms with Crippen LogP contribution in [-0.4, -0.2) is 24.3 Å². The molecule has 1 unspecified atom stereocenters. The number of nitrogens with one attached hydrogen (secondary N) is 1. The summed E-state index contributed by atoms with van der Waals surface area (Å²) in [5.74, 6) is 3.30. The number of carbonyl (C=O) groups excluding carboxylic acids is 1. The van der Waals surface area contributed by atoms with E-state index in [0.29, 0.717) is 13.0 Å². The lowest BCUT2D eigenvalue weighted by molar-refractivity contribution is -0.127. The van der Waals surface area contributed by atoms with E-state index in [2.05, 4.69) is 12.2 Å². The second-order valence-corrected chi connectivity index (χ2v) is 6.79. The van der Waals surface area contributed by atoms with Crippen LogP contribution in [0.3, 0.4) is 0 Å². The Morgan fingerprint density at radius 2 is 2.12 bits per heavy atom. The summed E-state index contributed by atoms with van der Waals surface area (Å²) >= 11 is 1.73. The highest BCUT2D eigenvalue weighted by Crippen LogP contribution is 2.18. The number of aryl methyl sites for hydroxylation is 2. The fourth-order valence-electron chi connectivity index (χ4n) is 2.20. The molecule has 0 spiro atoms. The van der Waals surface area contributed by atoms with Gasteiger partial charge in [0.1, 0.15) is 11.5 Å². The zero-order valence-electron chi connectivity index (χ0n) is 14.5. The van der Waals surface area contributed by atoms with Crippen molar-refractivity contribution in [1.29, 1.82) is 0 Å². The normalized spacial score (nSPS) is 12.0. The monoisotopic (exact) mass is 347 g/mol. The number of ether oxygens (including phenoxy) is 1. The summed E-state index contributed by atoms with van der Waals surface area (Å²) in [7, 11) is 0. The molecule has 4 nitrogen and oxygen atoms in total. The second-order valence-electron chi connectivity index (χ2n) is 5.68. The zero-order valence-corrected chi connectivity index (χ0v) is 15.3. The van der Waals surface area contributed by atoms with Crippen LogP contribution in [0.15, 0.2) is 41.0 Å². The number of hydrogen-bond acceptors (Lipinski definition) is 4. The fourth-order valence-corrected chi connectivity index (χ4v) is 2.96. The van der Waals surface area contributed by atoms with Gasteiger partial charge in [-0.3, -0.25) is 4.79 Å². The number of thioether (sulfide) groups is 1. The maximum Gasteiger partial charge on any atom is 0.261 e. The van der Waals surface area contributed by atoms with Gasteiger partial charge in [-0.15, -0.1) is 0 Å². The van der Waals surface area contributed by atoms with Gasteiger partial charge in [0.2, 0.25) is 0 Å². The lowest BCUT2D eigenvalue weighted by Crippen LogP contribution is -2.39. The van der Waals surface area contributed by atoms with Gasteiger partial charge in [0.25, 0.3) is 5.91 Å². The molecule has 0 saturated carbocycles. The first-order valence-electron chi connectivity index (χ1n) is 8.22. The van der Waals surface area contributed by atoms with Gasteiger partial charge in [-0.1, -0.05) is 13.0 Å². The standard InChI is InChI=1S/C19H25NO3S/c1-4-18(23-16-8-7-14(2)15(3)12-16)19(21)20-9-11-24-13-17-6-5-10-22-17/h5-8,10,12,18H,4,9,11,13H2,1-3H3,(H,20,21). The number of amides is 1. The Hall–Kier alpha value is -1.88. The quantitative estimate of drug-likeness (QED) is 0.694. The molecule has 1 N–H and O–H groups in total. The molecule has 1 amide bonds. The minimum Gasteiger partial charge on any atom is -0.481 e. The molecule has 0 saturated heterocycles. The highest BCUT2D eigenvalue weighted by molar-refractivity contribution is 7.98. The van der Waals surface area contributed by atoms with Crippen molar-refractivity contribution in [1.82, 2.24) is 5.32 Å². The van der Waals surface area contributed by atoms with E-state index in [9.17, 15) is 4.79 Å². The topological polar surface area (TPSA) is 51.5 Å². The van der Waals surface area contributed by atoms with Crippen molar-refractivity contribution < 1.29 is 13.9 Å². The predicted octanol–water partition coefficient (Wildman–Crippen LogP) is 4.10. The van der Waals surface area contributed by atoms with Crippen LogP contribution in [0.5, 0.6) is 5.75 Å². The molecule has 1 aromatic heterocycles. The summed E-state index contributed by atoms with van der Waals surface area (Å²) in [6.45, 7) is 6.68. The van der Waals surface area contributed by atoms with Crippen LogP contribution in [0.2, 0.25) is 0 Å². The Bertz CT molecular complexity index is 640. The van der Waals surface area contributed by atoms with E-state index in [-0.39, 0.29) is 5.91 Å². The van der Waals surface area contributed by atoms with Gasteiger partial charge >= 0.3 is 0 Å². The molecular weight excluding hydrogens is 322 g/mol. The number of furan rings is 1. The molecule has 5 heteroatoms. The van der Waals surface area contributed by atoms with Gasteiger partial charge in [-0.2, -0.15) is 11.8 Å². The van der Waals surface area contributed by atoms with Crippen LogP contribution in [-0.2, 0) is 10.5 Å². The Labute approximate surface area is 148 Å².